The van der Waals surface area contributed by atoms with E-state index in [1.54, 1.807) is 31.4 Å². The van der Waals surface area contributed by atoms with E-state index in [1.165, 1.54) is 11.8 Å². The number of halogens is 1. The van der Waals surface area contributed by atoms with E-state index in [2.05, 4.69) is 15.5 Å². The van der Waals surface area contributed by atoms with Gasteiger partial charge in [0.15, 0.2) is 0 Å². The zero-order valence-corrected chi connectivity index (χ0v) is 16.2. The molecule has 1 N–H and O–H groups in total. The van der Waals surface area contributed by atoms with Gasteiger partial charge in [-0.2, -0.15) is 0 Å². The fourth-order valence-corrected chi connectivity index (χ4v) is 3.12. The van der Waals surface area contributed by atoms with Gasteiger partial charge in [0.2, 0.25) is 11.8 Å². The van der Waals surface area contributed by atoms with Crippen molar-refractivity contribution in [3.63, 3.8) is 0 Å². The number of nitrogens with one attached hydrogen (secondary N) is 1. The van der Waals surface area contributed by atoms with Crippen LogP contribution >= 0.6 is 23.4 Å². The van der Waals surface area contributed by atoms with Crippen LogP contribution < -0.4 is 10.1 Å². The molecule has 8 heteroatoms. The van der Waals surface area contributed by atoms with Gasteiger partial charge in [-0.1, -0.05) is 41.6 Å². The minimum absolute atomic E-state index is 0.0962. The van der Waals surface area contributed by atoms with Gasteiger partial charge in [-0.3, -0.25) is 4.79 Å². The second-order valence-corrected chi connectivity index (χ2v) is 6.94. The number of amides is 1. The van der Waals surface area contributed by atoms with Gasteiger partial charge in [0.25, 0.3) is 5.22 Å². The molecule has 0 bridgehead atoms. The Morgan fingerprint density at radius 3 is 2.74 bits per heavy atom. The van der Waals surface area contributed by atoms with Crippen LogP contribution in [-0.2, 0) is 11.2 Å². The average molecular weight is 404 g/mol. The van der Waals surface area contributed by atoms with Crippen molar-refractivity contribution < 1.29 is 13.9 Å². The number of benzene rings is 2. The number of ether oxygens (including phenoxy) is 1. The maximum Gasteiger partial charge on any atom is 0.277 e. The Morgan fingerprint density at radius 1 is 1.19 bits per heavy atom. The van der Waals surface area contributed by atoms with Gasteiger partial charge in [0, 0.05) is 17.1 Å². The number of hydrogen-bond acceptors (Lipinski definition) is 6. The van der Waals surface area contributed by atoms with Crippen LogP contribution in [-0.4, -0.2) is 35.5 Å². The Morgan fingerprint density at radius 2 is 1.96 bits per heavy atom. The van der Waals surface area contributed by atoms with Crippen molar-refractivity contribution >= 4 is 29.3 Å². The third-order valence-electron chi connectivity index (χ3n) is 3.73. The normalized spacial score (nSPS) is 10.6. The molecular formula is C19H18ClN3O3S. The molecule has 1 aromatic heterocycles. The van der Waals surface area contributed by atoms with Gasteiger partial charge in [0.1, 0.15) is 5.75 Å². The average Bonchev–Trinajstić information content (AvgIpc) is 3.16. The SMILES string of the molecule is COc1ccccc1CCNC(=O)CSc1nnc(-c2ccc(Cl)cc2)o1. The zero-order chi connectivity index (χ0) is 19.1. The summed E-state index contributed by atoms with van der Waals surface area (Å²) in [5.74, 6) is 1.32. The quantitative estimate of drug-likeness (QED) is 0.575. The Hall–Kier alpha value is -2.51. The first kappa shape index (κ1) is 19.3. The van der Waals surface area contributed by atoms with E-state index in [0.29, 0.717) is 29.1 Å². The molecule has 3 aromatic rings. The van der Waals surface area contributed by atoms with Gasteiger partial charge in [-0.15, -0.1) is 10.2 Å². The summed E-state index contributed by atoms with van der Waals surface area (Å²) in [6, 6.07) is 14.9. The number of hydrogen-bond donors (Lipinski definition) is 1. The topological polar surface area (TPSA) is 77.2 Å². The predicted octanol–water partition coefficient (Wildman–Crippen LogP) is 3.85. The summed E-state index contributed by atoms with van der Waals surface area (Å²) in [5, 5.41) is 11.8. The van der Waals surface area contributed by atoms with Crippen molar-refractivity contribution in [1.29, 1.82) is 0 Å². The van der Waals surface area contributed by atoms with Crippen LogP contribution in [0.4, 0.5) is 0 Å². The standard InChI is InChI=1S/C19H18ClN3O3S/c1-25-16-5-3-2-4-13(16)10-11-21-17(24)12-27-19-23-22-18(26-19)14-6-8-15(20)9-7-14/h2-9H,10-12H2,1H3,(H,21,24). The lowest BCUT2D eigenvalue weighted by Crippen LogP contribution is -2.27. The largest absolute Gasteiger partial charge is 0.496 e. The van der Waals surface area contributed by atoms with Crippen molar-refractivity contribution in [2.75, 3.05) is 19.4 Å². The molecule has 0 radical (unpaired) electrons. The van der Waals surface area contributed by atoms with Crippen molar-refractivity contribution in [2.45, 2.75) is 11.6 Å². The highest BCUT2D eigenvalue weighted by Gasteiger charge is 2.11. The molecule has 1 amide bonds. The number of nitrogens with zero attached hydrogens (tertiary/aromatic N) is 2. The fourth-order valence-electron chi connectivity index (χ4n) is 2.40. The molecule has 0 fully saturated rings. The third-order valence-corrected chi connectivity index (χ3v) is 4.80. The van der Waals surface area contributed by atoms with E-state index >= 15 is 0 Å². The molecule has 0 spiro atoms. The summed E-state index contributed by atoms with van der Waals surface area (Å²) in [5.41, 5.74) is 1.83. The number of para-hydroxylation sites is 1. The van der Waals surface area contributed by atoms with E-state index in [4.69, 9.17) is 20.8 Å². The van der Waals surface area contributed by atoms with E-state index in [0.717, 1.165) is 16.9 Å². The van der Waals surface area contributed by atoms with Gasteiger partial charge < -0.3 is 14.5 Å². The van der Waals surface area contributed by atoms with Crippen molar-refractivity contribution in [3.05, 3.63) is 59.1 Å². The zero-order valence-electron chi connectivity index (χ0n) is 14.6. The van der Waals surface area contributed by atoms with Crippen LogP contribution in [0.1, 0.15) is 5.56 Å². The minimum Gasteiger partial charge on any atom is -0.496 e. The van der Waals surface area contributed by atoms with E-state index in [-0.39, 0.29) is 11.7 Å². The Balaban J connectivity index is 1.45. The first-order chi connectivity index (χ1) is 13.2. The molecule has 0 saturated heterocycles. The second-order valence-electron chi connectivity index (χ2n) is 5.58. The van der Waals surface area contributed by atoms with Crippen LogP contribution in [0.25, 0.3) is 11.5 Å². The van der Waals surface area contributed by atoms with Gasteiger partial charge in [-0.25, -0.2) is 0 Å². The highest BCUT2D eigenvalue weighted by molar-refractivity contribution is 7.99. The molecule has 0 unspecified atom stereocenters. The van der Waals surface area contributed by atoms with E-state index in [9.17, 15) is 4.79 Å². The fraction of sp³-hybridized carbons (Fsp3) is 0.211. The lowest BCUT2D eigenvalue weighted by atomic mass is 10.1. The maximum absolute atomic E-state index is 12.0. The Bertz CT molecular complexity index is 899. The lowest BCUT2D eigenvalue weighted by Gasteiger charge is -2.08. The molecule has 0 aliphatic rings. The highest BCUT2D eigenvalue weighted by Crippen LogP contribution is 2.24. The summed E-state index contributed by atoms with van der Waals surface area (Å²) in [7, 11) is 1.64. The number of carbonyl (C=O) groups is 1. The lowest BCUT2D eigenvalue weighted by molar-refractivity contribution is -0.118. The molecule has 1 heterocycles. The number of methoxy groups -OCH3 is 1. The molecule has 140 valence electrons. The molecule has 0 aliphatic heterocycles. The summed E-state index contributed by atoms with van der Waals surface area (Å²) in [6.07, 6.45) is 0.696. The maximum atomic E-state index is 12.0. The Labute approximate surface area is 166 Å². The molecule has 3 rings (SSSR count). The van der Waals surface area contributed by atoms with E-state index in [1.807, 2.05) is 24.3 Å². The van der Waals surface area contributed by atoms with Crippen LogP contribution in [0.2, 0.25) is 5.02 Å². The molecule has 2 aromatic carbocycles. The van der Waals surface area contributed by atoms with Gasteiger partial charge in [-0.05, 0) is 42.3 Å². The number of rotatable bonds is 8. The summed E-state index contributed by atoms with van der Waals surface area (Å²) < 4.78 is 10.9. The van der Waals surface area contributed by atoms with Crippen LogP contribution in [0.15, 0.2) is 58.2 Å². The first-order valence-corrected chi connectivity index (χ1v) is 9.63. The van der Waals surface area contributed by atoms with E-state index < -0.39 is 0 Å². The molecule has 27 heavy (non-hydrogen) atoms. The minimum atomic E-state index is -0.0962. The van der Waals surface area contributed by atoms with Crippen LogP contribution in [0, 0.1) is 0 Å². The second kappa shape index (κ2) is 9.43. The molecule has 0 saturated carbocycles. The molecular weight excluding hydrogens is 386 g/mol. The van der Waals surface area contributed by atoms with Crippen LogP contribution in [0.5, 0.6) is 5.75 Å². The van der Waals surface area contributed by atoms with Crippen molar-refractivity contribution in [1.82, 2.24) is 15.5 Å². The molecule has 0 aliphatic carbocycles. The monoisotopic (exact) mass is 403 g/mol. The van der Waals surface area contributed by atoms with Gasteiger partial charge >= 0.3 is 0 Å². The van der Waals surface area contributed by atoms with Crippen LogP contribution in [0.3, 0.4) is 0 Å². The third kappa shape index (κ3) is 5.48. The summed E-state index contributed by atoms with van der Waals surface area (Å²) in [6.45, 7) is 0.527. The first-order valence-electron chi connectivity index (χ1n) is 8.26. The molecule has 0 atom stereocenters. The number of carbonyl (C=O) groups excluding carboxylic acids is 1. The van der Waals surface area contributed by atoms with Gasteiger partial charge in [0.05, 0.1) is 12.9 Å². The Kier molecular flexibility index (Phi) is 6.73. The number of aromatic nitrogens is 2. The smallest absolute Gasteiger partial charge is 0.277 e. The van der Waals surface area contributed by atoms with Crippen molar-refractivity contribution in [3.8, 4) is 17.2 Å². The highest BCUT2D eigenvalue weighted by atomic mass is 35.5. The van der Waals surface area contributed by atoms with Crippen molar-refractivity contribution in [2.24, 2.45) is 0 Å². The predicted molar refractivity (Wildman–Crippen MR) is 105 cm³/mol. The molecule has 6 nitrogen and oxygen atoms in total. The summed E-state index contributed by atoms with van der Waals surface area (Å²) in [4.78, 5) is 12.0. The summed E-state index contributed by atoms with van der Waals surface area (Å²) >= 11 is 7.06. The number of thioether (sulfide) groups is 1.